The fourth-order valence-corrected chi connectivity index (χ4v) is 3.31. The van der Waals surface area contributed by atoms with Gasteiger partial charge in [-0.1, -0.05) is 36.4 Å². The van der Waals surface area contributed by atoms with Gasteiger partial charge in [0.25, 0.3) is 0 Å². The van der Waals surface area contributed by atoms with E-state index in [0.29, 0.717) is 12.5 Å². The summed E-state index contributed by atoms with van der Waals surface area (Å²) in [6.45, 7) is 2.71. The van der Waals surface area contributed by atoms with Crippen LogP contribution in [0, 0.1) is 0 Å². The molecule has 2 aromatic rings. The molecule has 0 saturated carbocycles. The molecule has 2 N–H and O–H groups in total. The molecule has 0 amide bonds. The second-order valence-electron chi connectivity index (χ2n) is 6.14. The van der Waals surface area contributed by atoms with Crippen molar-refractivity contribution in [2.45, 2.75) is 25.3 Å². The highest BCUT2D eigenvalue weighted by Crippen LogP contribution is 2.28. The van der Waals surface area contributed by atoms with E-state index in [1.54, 1.807) is 12.1 Å². The van der Waals surface area contributed by atoms with Crippen LogP contribution in [0.4, 0.5) is 0 Å². The molecule has 1 heterocycles. The van der Waals surface area contributed by atoms with E-state index in [2.05, 4.69) is 29.2 Å². The van der Waals surface area contributed by atoms with Crippen LogP contribution in [0.25, 0.3) is 0 Å². The lowest BCUT2D eigenvalue weighted by atomic mass is 9.90. The highest BCUT2D eigenvalue weighted by Gasteiger charge is 2.21. The Morgan fingerprint density at radius 2 is 1.96 bits per heavy atom. The van der Waals surface area contributed by atoms with E-state index in [9.17, 15) is 9.90 Å². The molecule has 1 unspecified atom stereocenters. The van der Waals surface area contributed by atoms with Crippen LogP contribution in [0.3, 0.4) is 0 Å². The molecule has 3 rings (SSSR count). The average Bonchev–Trinajstić information content (AvgIpc) is 2.57. The van der Waals surface area contributed by atoms with E-state index in [1.807, 2.05) is 6.07 Å². The third kappa shape index (κ3) is 3.71. The van der Waals surface area contributed by atoms with Gasteiger partial charge in [0.1, 0.15) is 11.3 Å². The summed E-state index contributed by atoms with van der Waals surface area (Å²) in [6.07, 6.45) is 2.33. The lowest BCUT2D eigenvalue weighted by molar-refractivity contribution is 0.0693. The molecule has 4 heteroatoms. The van der Waals surface area contributed by atoms with Gasteiger partial charge in [0.05, 0.1) is 0 Å². The molecule has 0 aliphatic carbocycles. The number of nitrogens with zero attached hydrogens (tertiary/aromatic N) is 1. The van der Waals surface area contributed by atoms with E-state index < -0.39 is 5.97 Å². The summed E-state index contributed by atoms with van der Waals surface area (Å²) >= 11 is 0. The Bertz CT molecular complexity index is 684. The molecule has 0 spiro atoms. The normalized spacial score (nSPS) is 18.7. The molecular formula is C19H21NO3. The van der Waals surface area contributed by atoms with Gasteiger partial charge in [0, 0.05) is 13.1 Å². The SMILES string of the molecule is O=C(O)c1cc(CN2CCCC(c3ccccc3)C2)ccc1O. The van der Waals surface area contributed by atoms with Crippen molar-refractivity contribution in [1.29, 1.82) is 0 Å². The second kappa shape index (κ2) is 6.84. The zero-order chi connectivity index (χ0) is 16.2. The Balaban J connectivity index is 1.71. The molecule has 0 radical (unpaired) electrons. The number of carbonyl (C=O) groups is 1. The monoisotopic (exact) mass is 311 g/mol. The van der Waals surface area contributed by atoms with Crippen LogP contribution in [0.15, 0.2) is 48.5 Å². The highest BCUT2D eigenvalue weighted by molar-refractivity contribution is 5.90. The van der Waals surface area contributed by atoms with Crippen molar-refractivity contribution in [1.82, 2.24) is 4.90 Å². The zero-order valence-electron chi connectivity index (χ0n) is 13.0. The van der Waals surface area contributed by atoms with Crippen LogP contribution >= 0.6 is 0 Å². The zero-order valence-corrected chi connectivity index (χ0v) is 13.0. The predicted octanol–water partition coefficient (Wildman–Crippen LogP) is 3.47. The number of likely N-dealkylation sites (tertiary alicyclic amines) is 1. The number of carboxylic acids is 1. The standard InChI is InChI=1S/C19H21NO3/c21-18-9-8-14(11-17(18)19(22)23)12-20-10-4-7-16(13-20)15-5-2-1-3-6-15/h1-3,5-6,8-9,11,16,21H,4,7,10,12-13H2,(H,22,23). The van der Waals surface area contributed by atoms with Gasteiger partial charge in [-0.3, -0.25) is 4.90 Å². The average molecular weight is 311 g/mol. The third-order valence-corrected chi connectivity index (χ3v) is 4.47. The second-order valence-corrected chi connectivity index (χ2v) is 6.14. The summed E-state index contributed by atoms with van der Waals surface area (Å²) in [6, 6.07) is 15.4. The molecule has 1 fully saturated rings. The number of rotatable bonds is 4. The largest absolute Gasteiger partial charge is 0.507 e. The van der Waals surface area contributed by atoms with Crippen molar-refractivity contribution in [2.24, 2.45) is 0 Å². The first kappa shape index (κ1) is 15.6. The molecule has 1 aliphatic rings. The maximum atomic E-state index is 11.1. The molecule has 0 bridgehead atoms. The smallest absolute Gasteiger partial charge is 0.339 e. The minimum atomic E-state index is -1.09. The van der Waals surface area contributed by atoms with Crippen LogP contribution in [-0.4, -0.2) is 34.2 Å². The Hall–Kier alpha value is -2.33. The maximum absolute atomic E-state index is 11.1. The van der Waals surface area contributed by atoms with Crippen LogP contribution in [0.1, 0.15) is 40.2 Å². The number of hydrogen-bond acceptors (Lipinski definition) is 3. The topological polar surface area (TPSA) is 60.8 Å². The third-order valence-electron chi connectivity index (χ3n) is 4.47. The predicted molar refractivity (Wildman–Crippen MR) is 88.8 cm³/mol. The molecule has 1 saturated heterocycles. The van der Waals surface area contributed by atoms with Crippen molar-refractivity contribution in [3.8, 4) is 5.75 Å². The number of aromatic hydroxyl groups is 1. The quantitative estimate of drug-likeness (QED) is 0.907. The van der Waals surface area contributed by atoms with Gasteiger partial charge in [-0.15, -0.1) is 0 Å². The summed E-state index contributed by atoms with van der Waals surface area (Å²) in [5, 5.41) is 18.7. The van der Waals surface area contributed by atoms with Crippen LogP contribution in [0.5, 0.6) is 5.75 Å². The summed E-state index contributed by atoms with van der Waals surface area (Å²) in [5.41, 5.74) is 2.27. The number of phenols is 1. The van der Waals surface area contributed by atoms with Gasteiger partial charge in [-0.2, -0.15) is 0 Å². The lowest BCUT2D eigenvalue weighted by Gasteiger charge is -2.33. The molecule has 1 atom stereocenters. The lowest BCUT2D eigenvalue weighted by Crippen LogP contribution is -2.33. The molecule has 120 valence electrons. The van der Waals surface area contributed by atoms with E-state index in [0.717, 1.165) is 25.1 Å². The van der Waals surface area contributed by atoms with E-state index in [-0.39, 0.29) is 11.3 Å². The van der Waals surface area contributed by atoms with Crippen molar-refractivity contribution < 1.29 is 15.0 Å². The summed E-state index contributed by atoms with van der Waals surface area (Å²) in [7, 11) is 0. The number of carboxylic acid groups (broad SMARTS) is 1. The van der Waals surface area contributed by atoms with Crippen molar-refractivity contribution in [3.05, 3.63) is 65.2 Å². The maximum Gasteiger partial charge on any atom is 0.339 e. The van der Waals surface area contributed by atoms with Gasteiger partial charge < -0.3 is 10.2 Å². The van der Waals surface area contributed by atoms with Crippen molar-refractivity contribution in [2.75, 3.05) is 13.1 Å². The molecule has 1 aliphatic heterocycles. The van der Waals surface area contributed by atoms with Gasteiger partial charge in [-0.25, -0.2) is 4.79 Å². The Morgan fingerprint density at radius 1 is 1.17 bits per heavy atom. The fraction of sp³-hybridized carbons (Fsp3) is 0.316. The summed E-state index contributed by atoms with van der Waals surface area (Å²) < 4.78 is 0. The summed E-state index contributed by atoms with van der Waals surface area (Å²) in [5.74, 6) is -0.742. The van der Waals surface area contributed by atoms with E-state index in [4.69, 9.17) is 5.11 Å². The molecule has 0 aromatic heterocycles. The van der Waals surface area contributed by atoms with Crippen molar-refractivity contribution >= 4 is 5.97 Å². The van der Waals surface area contributed by atoms with Gasteiger partial charge in [-0.05, 0) is 48.6 Å². The highest BCUT2D eigenvalue weighted by atomic mass is 16.4. The first-order valence-corrected chi connectivity index (χ1v) is 7.96. The number of piperidine rings is 1. The van der Waals surface area contributed by atoms with Crippen LogP contribution in [-0.2, 0) is 6.54 Å². The van der Waals surface area contributed by atoms with Crippen molar-refractivity contribution in [3.63, 3.8) is 0 Å². The fourth-order valence-electron chi connectivity index (χ4n) is 3.31. The first-order valence-electron chi connectivity index (χ1n) is 7.96. The Kier molecular flexibility index (Phi) is 4.63. The Labute approximate surface area is 136 Å². The minimum Gasteiger partial charge on any atom is -0.507 e. The number of hydrogen-bond donors (Lipinski definition) is 2. The van der Waals surface area contributed by atoms with E-state index >= 15 is 0 Å². The summed E-state index contributed by atoms with van der Waals surface area (Å²) in [4.78, 5) is 13.5. The van der Waals surface area contributed by atoms with Gasteiger partial charge in [0.2, 0.25) is 0 Å². The Morgan fingerprint density at radius 3 is 2.70 bits per heavy atom. The molecule has 23 heavy (non-hydrogen) atoms. The minimum absolute atomic E-state index is 0.0286. The molecule has 4 nitrogen and oxygen atoms in total. The van der Waals surface area contributed by atoms with Gasteiger partial charge in [0.15, 0.2) is 0 Å². The van der Waals surface area contributed by atoms with Gasteiger partial charge >= 0.3 is 5.97 Å². The molecule has 2 aromatic carbocycles. The molecular weight excluding hydrogens is 290 g/mol. The number of aromatic carboxylic acids is 1. The van der Waals surface area contributed by atoms with Crippen LogP contribution < -0.4 is 0 Å². The first-order chi connectivity index (χ1) is 11.1. The van der Waals surface area contributed by atoms with E-state index in [1.165, 1.54) is 18.1 Å². The number of benzene rings is 2. The van der Waals surface area contributed by atoms with Crippen LogP contribution in [0.2, 0.25) is 0 Å².